The van der Waals surface area contributed by atoms with Crippen LogP contribution >= 0.6 is 0 Å². The summed E-state index contributed by atoms with van der Waals surface area (Å²) in [6, 6.07) is 0. The Morgan fingerprint density at radius 2 is 1.64 bits per heavy atom. The maximum absolute atomic E-state index is 13.0. The van der Waals surface area contributed by atoms with Gasteiger partial charge in [-0.2, -0.15) is 0 Å². The van der Waals surface area contributed by atoms with Gasteiger partial charge in [-0.05, 0) is 66.6 Å². The van der Waals surface area contributed by atoms with E-state index in [2.05, 4.69) is 20.8 Å². The molecule has 4 saturated carbocycles. The van der Waals surface area contributed by atoms with Gasteiger partial charge in [0.15, 0.2) is 0 Å². The average Bonchev–Trinajstić information content (AvgIpc) is 2.77. The van der Waals surface area contributed by atoms with Crippen LogP contribution in [0.3, 0.4) is 0 Å². The fraction of sp³-hybridized carbons (Fsp3) is 0.900. The highest BCUT2D eigenvalue weighted by atomic mass is 16.1. The Balaban J connectivity index is 1.70. The van der Waals surface area contributed by atoms with E-state index in [0.29, 0.717) is 53.5 Å². The average molecular weight is 302 g/mol. The van der Waals surface area contributed by atoms with Crippen molar-refractivity contribution < 1.29 is 9.59 Å². The molecule has 0 amide bonds. The van der Waals surface area contributed by atoms with Crippen LogP contribution in [0.5, 0.6) is 0 Å². The molecule has 0 aromatic rings. The number of hydrogen-bond donors (Lipinski definition) is 0. The van der Waals surface area contributed by atoms with E-state index < -0.39 is 0 Å². The first kappa shape index (κ1) is 14.9. The van der Waals surface area contributed by atoms with Crippen molar-refractivity contribution in [2.45, 2.75) is 72.1 Å². The topological polar surface area (TPSA) is 34.1 Å². The number of carbonyl (C=O) groups is 2. The fourth-order valence-corrected chi connectivity index (χ4v) is 6.99. The van der Waals surface area contributed by atoms with Gasteiger partial charge in [0.05, 0.1) is 0 Å². The van der Waals surface area contributed by atoms with Crippen molar-refractivity contribution >= 4 is 11.6 Å². The van der Waals surface area contributed by atoms with Crippen LogP contribution in [0.15, 0.2) is 0 Å². The van der Waals surface area contributed by atoms with E-state index in [1.807, 2.05) is 0 Å². The van der Waals surface area contributed by atoms with Crippen LogP contribution in [-0.4, -0.2) is 11.6 Å². The standard InChI is InChI=1S/C20H30O2/c1-12-4-5-15-18-16(7-9-19(12,15)2)20(3)8-6-14(21)10-13(20)11-17(18)22/h12-13,15-16,18H,4-11H2,1-3H3/t12-,13-,15-,16?,18?,19+,20-/m0/s1. The zero-order chi connectivity index (χ0) is 15.7. The highest BCUT2D eigenvalue weighted by molar-refractivity contribution is 5.86. The highest BCUT2D eigenvalue weighted by Gasteiger charge is 2.61. The number of carbonyl (C=O) groups excluding carboxylic acids is 2. The summed E-state index contributed by atoms with van der Waals surface area (Å²) in [5.41, 5.74) is 0.643. The molecule has 4 aliphatic carbocycles. The van der Waals surface area contributed by atoms with Gasteiger partial charge in [0, 0.05) is 25.2 Å². The van der Waals surface area contributed by atoms with E-state index in [-0.39, 0.29) is 5.41 Å². The number of rotatable bonds is 0. The SMILES string of the molecule is C[C@H]1CC[C@H]2C3C(=O)C[C@@H]4CC(=O)CC[C@]4(C)C3CC[C@]12C. The maximum atomic E-state index is 13.0. The van der Waals surface area contributed by atoms with Gasteiger partial charge in [0.25, 0.3) is 0 Å². The normalized spacial score (nSPS) is 54.6. The summed E-state index contributed by atoms with van der Waals surface area (Å²) in [4.78, 5) is 24.9. The first-order valence-electron chi connectivity index (χ1n) is 9.40. The van der Waals surface area contributed by atoms with Gasteiger partial charge in [-0.1, -0.05) is 20.8 Å². The smallest absolute Gasteiger partial charge is 0.136 e. The summed E-state index contributed by atoms with van der Waals surface area (Å²) in [6.45, 7) is 7.27. The molecule has 4 fully saturated rings. The lowest BCUT2D eigenvalue weighted by Crippen LogP contribution is -2.56. The van der Waals surface area contributed by atoms with Crippen molar-refractivity contribution in [3.05, 3.63) is 0 Å². The van der Waals surface area contributed by atoms with Gasteiger partial charge in [-0.15, -0.1) is 0 Å². The van der Waals surface area contributed by atoms with Crippen LogP contribution in [0.4, 0.5) is 0 Å². The van der Waals surface area contributed by atoms with Crippen LogP contribution in [-0.2, 0) is 9.59 Å². The van der Waals surface area contributed by atoms with Gasteiger partial charge in [0.1, 0.15) is 11.6 Å². The molecule has 122 valence electrons. The molecule has 0 aliphatic heterocycles. The van der Waals surface area contributed by atoms with Crippen molar-refractivity contribution in [1.82, 2.24) is 0 Å². The quantitative estimate of drug-likeness (QED) is 0.664. The molecule has 7 atom stereocenters. The highest BCUT2D eigenvalue weighted by Crippen LogP contribution is 2.66. The second-order valence-corrected chi connectivity index (χ2v) is 9.38. The third-order valence-corrected chi connectivity index (χ3v) is 8.76. The van der Waals surface area contributed by atoms with E-state index in [1.54, 1.807) is 0 Å². The second-order valence-electron chi connectivity index (χ2n) is 9.38. The summed E-state index contributed by atoms with van der Waals surface area (Å²) < 4.78 is 0. The Kier molecular flexibility index (Phi) is 3.17. The zero-order valence-electron chi connectivity index (χ0n) is 14.4. The lowest BCUT2D eigenvalue weighted by molar-refractivity contribution is -0.158. The minimum atomic E-state index is 0.250. The molecule has 2 heteroatoms. The number of ketones is 2. The molecule has 0 spiro atoms. The van der Waals surface area contributed by atoms with Crippen molar-refractivity contribution in [2.24, 2.45) is 40.4 Å². The van der Waals surface area contributed by atoms with Crippen LogP contribution < -0.4 is 0 Å². The number of hydrogen-bond acceptors (Lipinski definition) is 2. The summed E-state index contributed by atoms with van der Waals surface area (Å²) in [5.74, 6) is 3.48. The van der Waals surface area contributed by atoms with Gasteiger partial charge in [-0.3, -0.25) is 9.59 Å². The number of fused-ring (bicyclic) bond motifs is 5. The Bertz CT molecular complexity index is 524. The molecular formula is C20H30O2. The van der Waals surface area contributed by atoms with E-state index in [1.165, 1.54) is 25.7 Å². The van der Waals surface area contributed by atoms with E-state index in [4.69, 9.17) is 0 Å². The molecule has 0 saturated heterocycles. The predicted molar refractivity (Wildman–Crippen MR) is 86.3 cm³/mol. The first-order valence-corrected chi connectivity index (χ1v) is 9.40. The van der Waals surface area contributed by atoms with Gasteiger partial charge in [-0.25, -0.2) is 0 Å². The lowest BCUT2D eigenvalue weighted by atomic mass is 9.44. The third kappa shape index (κ3) is 1.79. The molecule has 0 aromatic carbocycles. The van der Waals surface area contributed by atoms with Crippen LogP contribution in [0.1, 0.15) is 72.1 Å². The number of Topliss-reactive ketones (excluding diaryl/α,β-unsaturated/α-hetero) is 2. The molecule has 0 aromatic heterocycles. The Hall–Kier alpha value is -0.660. The monoisotopic (exact) mass is 302 g/mol. The molecular weight excluding hydrogens is 272 g/mol. The van der Waals surface area contributed by atoms with Crippen molar-refractivity contribution in [1.29, 1.82) is 0 Å². The largest absolute Gasteiger partial charge is 0.300 e. The summed E-state index contributed by atoms with van der Waals surface area (Å²) >= 11 is 0. The van der Waals surface area contributed by atoms with Gasteiger partial charge >= 0.3 is 0 Å². The van der Waals surface area contributed by atoms with Crippen molar-refractivity contribution in [2.75, 3.05) is 0 Å². The minimum Gasteiger partial charge on any atom is -0.300 e. The molecule has 0 N–H and O–H groups in total. The van der Waals surface area contributed by atoms with E-state index >= 15 is 0 Å². The lowest BCUT2D eigenvalue weighted by Gasteiger charge is -2.59. The Morgan fingerprint density at radius 3 is 2.41 bits per heavy atom. The summed E-state index contributed by atoms with van der Waals surface area (Å²) in [7, 11) is 0. The third-order valence-electron chi connectivity index (χ3n) is 8.76. The van der Waals surface area contributed by atoms with Gasteiger partial charge in [0.2, 0.25) is 0 Å². The molecule has 2 unspecified atom stereocenters. The molecule has 0 bridgehead atoms. The van der Waals surface area contributed by atoms with E-state index in [0.717, 1.165) is 18.8 Å². The van der Waals surface area contributed by atoms with E-state index in [9.17, 15) is 9.59 Å². The molecule has 0 radical (unpaired) electrons. The summed E-state index contributed by atoms with van der Waals surface area (Å²) in [5, 5.41) is 0. The molecule has 22 heavy (non-hydrogen) atoms. The second kappa shape index (κ2) is 4.68. The molecule has 4 aliphatic rings. The maximum Gasteiger partial charge on any atom is 0.136 e. The van der Waals surface area contributed by atoms with Crippen LogP contribution in [0, 0.1) is 40.4 Å². The van der Waals surface area contributed by atoms with Crippen molar-refractivity contribution in [3.8, 4) is 0 Å². The summed E-state index contributed by atoms with van der Waals surface area (Å²) in [6.07, 6.45) is 8.21. The zero-order valence-corrected chi connectivity index (χ0v) is 14.4. The van der Waals surface area contributed by atoms with Crippen LogP contribution in [0.25, 0.3) is 0 Å². The molecule has 4 rings (SSSR count). The Labute approximate surface area is 134 Å². The molecule has 0 heterocycles. The first-order chi connectivity index (χ1) is 10.4. The van der Waals surface area contributed by atoms with Crippen LogP contribution in [0.2, 0.25) is 0 Å². The Morgan fingerprint density at radius 1 is 0.909 bits per heavy atom. The molecule has 2 nitrogen and oxygen atoms in total. The minimum absolute atomic E-state index is 0.250. The van der Waals surface area contributed by atoms with Crippen molar-refractivity contribution in [3.63, 3.8) is 0 Å². The predicted octanol–water partition coefficient (Wildman–Crippen LogP) is 4.41. The fourth-order valence-electron chi connectivity index (χ4n) is 6.99. The van der Waals surface area contributed by atoms with Gasteiger partial charge < -0.3 is 0 Å².